The molecule has 0 amide bonds. The average molecular weight is 267 g/mol. The molecule has 0 atom stereocenters. The third-order valence-corrected chi connectivity index (χ3v) is 2.67. The molecule has 0 saturated heterocycles. The molecule has 2 aromatic heterocycles. The third-order valence-electron chi connectivity index (χ3n) is 2.47. The molecule has 0 radical (unpaired) electrons. The molecule has 2 rings (SSSR count). The topological polar surface area (TPSA) is 80.6 Å². The Kier molecular flexibility index (Phi) is 3.57. The Bertz CT molecular complexity index is 660. The fraction of sp³-hybridized carbons (Fsp3) is 0.273. The van der Waals surface area contributed by atoms with Crippen molar-refractivity contribution in [1.29, 1.82) is 0 Å². The Morgan fingerprint density at radius 3 is 2.72 bits per heavy atom. The predicted molar refractivity (Wildman–Crippen MR) is 66.8 cm³/mol. The van der Waals surface area contributed by atoms with Gasteiger partial charge in [-0.3, -0.25) is 19.3 Å². The molecule has 1 N–H and O–H groups in total. The molecule has 0 aliphatic rings. The minimum absolute atomic E-state index is 0.243. The number of aryl methyl sites for hydroxylation is 1. The second-order valence-electron chi connectivity index (χ2n) is 3.73. The van der Waals surface area contributed by atoms with E-state index in [1.165, 1.54) is 23.2 Å². The lowest BCUT2D eigenvalue weighted by Gasteiger charge is -2.05. The number of hydrogen-bond donors (Lipinski definition) is 1. The van der Waals surface area contributed by atoms with Crippen molar-refractivity contribution in [2.24, 2.45) is 0 Å². The minimum Gasteiger partial charge on any atom is -0.294 e. The van der Waals surface area contributed by atoms with Crippen LogP contribution in [0.5, 0.6) is 0 Å². The fourth-order valence-corrected chi connectivity index (χ4v) is 1.62. The molecule has 94 valence electrons. The van der Waals surface area contributed by atoms with Crippen LogP contribution in [0.3, 0.4) is 0 Å². The van der Waals surface area contributed by atoms with Gasteiger partial charge in [-0.25, -0.2) is 9.78 Å². The van der Waals surface area contributed by atoms with Gasteiger partial charge in [0.25, 0.3) is 5.56 Å². The summed E-state index contributed by atoms with van der Waals surface area (Å²) in [5, 5.41) is 0.293. The summed E-state index contributed by atoms with van der Waals surface area (Å²) in [5.74, 6) is 0. The maximum atomic E-state index is 11.6. The summed E-state index contributed by atoms with van der Waals surface area (Å²) >= 11 is 5.62. The SMILES string of the molecule is CCc1cn(Cc2cnc(Cl)cn2)c(=O)[nH]c1=O. The monoisotopic (exact) mass is 266 g/mol. The van der Waals surface area contributed by atoms with Crippen LogP contribution in [0.15, 0.2) is 28.2 Å². The molecular formula is C11H11ClN4O2. The van der Waals surface area contributed by atoms with Crippen molar-refractivity contribution in [3.05, 3.63) is 55.8 Å². The summed E-state index contributed by atoms with van der Waals surface area (Å²) in [6.45, 7) is 2.09. The van der Waals surface area contributed by atoms with Gasteiger partial charge < -0.3 is 0 Å². The van der Waals surface area contributed by atoms with Crippen LogP contribution in [0.2, 0.25) is 5.15 Å². The van der Waals surface area contributed by atoms with Gasteiger partial charge in [0.05, 0.1) is 24.6 Å². The zero-order valence-corrected chi connectivity index (χ0v) is 10.4. The summed E-state index contributed by atoms with van der Waals surface area (Å²) in [6.07, 6.45) is 5.00. The van der Waals surface area contributed by atoms with E-state index in [4.69, 9.17) is 11.6 Å². The molecule has 7 heteroatoms. The highest BCUT2D eigenvalue weighted by Gasteiger charge is 2.04. The van der Waals surface area contributed by atoms with Gasteiger partial charge in [-0.15, -0.1) is 0 Å². The highest BCUT2D eigenvalue weighted by Crippen LogP contribution is 2.02. The number of hydrogen-bond acceptors (Lipinski definition) is 4. The maximum absolute atomic E-state index is 11.6. The van der Waals surface area contributed by atoms with E-state index in [1.807, 2.05) is 6.92 Å². The Labute approximate surface area is 107 Å². The molecule has 0 aromatic carbocycles. The molecule has 2 heterocycles. The van der Waals surface area contributed by atoms with Crippen molar-refractivity contribution in [1.82, 2.24) is 19.5 Å². The molecule has 0 aliphatic heterocycles. The van der Waals surface area contributed by atoms with E-state index in [2.05, 4.69) is 15.0 Å². The predicted octanol–water partition coefficient (Wildman–Crippen LogP) is 0.591. The van der Waals surface area contributed by atoms with Crippen molar-refractivity contribution in [2.75, 3.05) is 0 Å². The first-order valence-corrected chi connectivity index (χ1v) is 5.77. The fourth-order valence-electron chi connectivity index (χ4n) is 1.52. The number of nitrogens with one attached hydrogen (secondary N) is 1. The molecule has 0 spiro atoms. The van der Waals surface area contributed by atoms with Crippen LogP contribution in [-0.2, 0) is 13.0 Å². The molecular weight excluding hydrogens is 256 g/mol. The van der Waals surface area contributed by atoms with Crippen molar-refractivity contribution in [3.8, 4) is 0 Å². The molecule has 0 saturated carbocycles. The molecule has 0 bridgehead atoms. The van der Waals surface area contributed by atoms with E-state index < -0.39 is 5.69 Å². The van der Waals surface area contributed by atoms with Crippen molar-refractivity contribution in [3.63, 3.8) is 0 Å². The van der Waals surface area contributed by atoms with Crippen LogP contribution >= 0.6 is 11.6 Å². The van der Waals surface area contributed by atoms with Gasteiger partial charge >= 0.3 is 5.69 Å². The van der Waals surface area contributed by atoms with E-state index in [0.717, 1.165) is 0 Å². The van der Waals surface area contributed by atoms with Crippen LogP contribution in [0.4, 0.5) is 0 Å². The van der Waals surface area contributed by atoms with E-state index in [1.54, 1.807) is 0 Å². The summed E-state index contributed by atoms with van der Waals surface area (Å²) in [7, 11) is 0. The van der Waals surface area contributed by atoms with Crippen molar-refractivity contribution in [2.45, 2.75) is 19.9 Å². The molecule has 2 aromatic rings. The zero-order valence-electron chi connectivity index (χ0n) is 9.68. The van der Waals surface area contributed by atoms with E-state index in [0.29, 0.717) is 22.8 Å². The highest BCUT2D eigenvalue weighted by atomic mass is 35.5. The third kappa shape index (κ3) is 2.65. The lowest BCUT2D eigenvalue weighted by Crippen LogP contribution is -2.32. The number of H-pyrrole nitrogens is 1. The van der Waals surface area contributed by atoms with Gasteiger partial charge in [-0.2, -0.15) is 0 Å². The standard InChI is InChI=1S/C11H11ClN4O2/c1-2-7-5-16(11(18)15-10(7)17)6-8-3-14-9(12)4-13-8/h3-5H,2,6H2,1H3,(H,15,17,18). The molecule has 18 heavy (non-hydrogen) atoms. The quantitative estimate of drug-likeness (QED) is 0.882. The Morgan fingerprint density at radius 2 is 2.11 bits per heavy atom. The van der Waals surface area contributed by atoms with E-state index in [-0.39, 0.29) is 12.1 Å². The van der Waals surface area contributed by atoms with Crippen LogP contribution in [-0.4, -0.2) is 19.5 Å². The molecule has 0 unspecified atom stereocenters. The Balaban J connectivity index is 2.37. The summed E-state index contributed by atoms with van der Waals surface area (Å²) in [5.41, 5.74) is 0.335. The smallest absolute Gasteiger partial charge is 0.294 e. The number of aromatic amines is 1. The summed E-state index contributed by atoms with van der Waals surface area (Å²) in [4.78, 5) is 33.2. The Morgan fingerprint density at radius 1 is 1.33 bits per heavy atom. The second kappa shape index (κ2) is 5.14. The maximum Gasteiger partial charge on any atom is 0.328 e. The normalized spacial score (nSPS) is 10.6. The average Bonchev–Trinajstić information content (AvgIpc) is 2.35. The molecule has 0 aliphatic carbocycles. The highest BCUT2D eigenvalue weighted by molar-refractivity contribution is 6.29. The van der Waals surface area contributed by atoms with E-state index in [9.17, 15) is 9.59 Å². The lowest BCUT2D eigenvalue weighted by molar-refractivity contribution is 0.691. The first-order valence-electron chi connectivity index (χ1n) is 5.39. The number of aromatic nitrogens is 4. The number of nitrogens with zero attached hydrogens (tertiary/aromatic N) is 3. The molecule has 6 nitrogen and oxygen atoms in total. The van der Waals surface area contributed by atoms with Crippen LogP contribution in [0.25, 0.3) is 0 Å². The first kappa shape index (κ1) is 12.5. The van der Waals surface area contributed by atoms with Crippen LogP contribution in [0.1, 0.15) is 18.2 Å². The van der Waals surface area contributed by atoms with Gasteiger partial charge in [0.2, 0.25) is 0 Å². The van der Waals surface area contributed by atoms with Gasteiger partial charge in [-0.1, -0.05) is 18.5 Å². The molecule has 0 fully saturated rings. The second-order valence-corrected chi connectivity index (χ2v) is 4.11. The summed E-state index contributed by atoms with van der Waals surface area (Å²) < 4.78 is 1.39. The first-order chi connectivity index (χ1) is 8.60. The Hall–Kier alpha value is -1.95. The summed E-state index contributed by atoms with van der Waals surface area (Å²) in [6, 6.07) is 0. The minimum atomic E-state index is -0.464. The zero-order chi connectivity index (χ0) is 13.1. The van der Waals surface area contributed by atoms with Gasteiger partial charge in [0.15, 0.2) is 0 Å². The van der Waals surface area contributed by atoms with Crippen molar-refractivity contribution < 1.29 is 0 Å². The van der Waals surface area contributed by atoms with Crippen LogP contribution in [0, 0.1) is 0 Å². The number of rotatable bonds is 3. The van der Waals surface area contributed by atoms with Crippen molar-refractivity contribution >= 4 is 11.6 Å². The largest absolute Gasteiger partial charge is 0.328 e. The van der Waals surface area contributed by atoms with Gasteiger partial charge in [0.1, 0.15) is 5.15 Å². The van der Waals surface area contributed by atoms with E-state index >= 15 is 0 Å². The number of halogens is 1. The lowest BCUT2D eigenvalue weighted by atomic mass is 10.2. The van der Waals surface area contributed by atoms with Gasteiger partial charge in [-0.05, 0) is 6.42 Å². The van der Waals surface area contributed by atoms with Gasteiger partial charge in [0, 0.05) is 11.8 Å². The van der Waals surface area contributed by atoms with Crippen LogP contribution < -0.4 is 11.2 Å².